The Morgan fingerprint density at radius 2 is 2.04 bits per heavy atom. The summed E-state index contributed by atoms with van der Waals surface area (Å²) in [5, 5.41) is 17.5. The number of hydrogen-bond acceptors (Lipinski definition) is 4. The molecule has 1 saturated carbocycles. The van der Waals surface area contributed by atoms with Gasteiger partial charge in [0.05, 0.1) is 23.6 Å². The van der Waals surface area contributed by atoms with Gasteiger partial charge in [-0.15, -0.1) is 0 Å². The molecule has 1 aliphatic heterocycles. The van der Waals surface area contributed by atoms with Gasteiger partial charge >= 0.3 is 0 Å². The van der Waals surface area contributed by atoms with Gasteiger partial charge in [0.2, 0.25) is 0 Å². The van der Waals surface area contributed by atoms with E-state index in [4.69, 9.17) is 22.4 Å². The van der Waals surface area contributed by atoms with E-state index in [0.29, 0.717) is 22.4 Å². The van der Waals surface area contributed by atoms with Crippen molar-refractivity contribution in [2.45, 2.75) is 12.8 Å². The predicted octanol–water partition coefficient (Wildman–Crippen LogP) is 3.76. The largest absolute Gasteiger partial charge is 0.288 e. The number of anilines is 1. The van der Waals surface area contributed by atoms with Crippen molar-refractivity contribution < 1.29 is 0 Å². The van der Waals surface area contributed by atoms with Crippen LogP contribution in [-0.4, -0.2) is 28.9 Å². The van der Waals surface area contributed by atoms with Crippen molar-refractivity contribution in [2.24, 2.45) is 10.9 Å². The summed E-state index contributed by atoms with van der Waals surface area (Å²) < 4.78 is 0. The van der Waals surface area contributed by atoms with Crippen LogP contribution < -0.4 is 4.90 Å². The van der Waals surface area contributed by atoms with Crippen LogP contribution in [0.2, 0.25) is 5.02 Å². The molecule has 0 amide bonds. The van der Waals surface area contributed by atoms with Gasteiger partial charge in [0.25, 0.3) is 0 Å². The molecule has 1 fully saturated rings. The van der Waals surface area contributed by atoms with Crippen molar-refractivity contribution in [1.82, 2.24) is 4.98 Å². The number of pyridine rings is 1. The topological polar surface area (TPSA) is 76.2 Å². The SMILES string of the molecule is N=C1CN=C(c2ccccn2)c2cc(Cl)ccc2N1C(=N)C1CC1. The molecule has 4 rings (SSSR count). The van der Waals surface area contributed by atoms with Gasteiger partial charge in [-0.1, -0.05) is 17.7 Å². The number of amidine groups is 2. The Kier molecular flexibility index (Phi) is 3.65. The molecule has 0 atom stereocenters. The third-order valence-corrected chi connectivity index (χ3v) is 4.46. The van der Waals surface area contributed by atoms with Crippen LogP contribution in [0.25, 0.3) is 0 Å². The molecule has 2 N–H and O–H groups in total. The van der Waals surface area contributed by atoms with Gasteiger partial charge in [0.15, 0.2) is 0 Å². The van der Waals surface area contributed by atoms with E-state index >= 15 is 0 Å². The van der Waals surface area contributed by atoms with E-state index in [1.54, 1.807) is 17.2 Å². The molecule has 1 aromatic heterocycles. The van der Waals surface area contributed by atoms with Crippen LogP contribution in [-0.2, 0) is 0 Å². The Morgan fingerprint density at radius 3 is 2.75 bits per heavy atom. The number of halogens is 1. The van der Waals surface area contributed by atoms with Crippen LogP contribution in [0.5, 0.6) is 0 Å². The Bertz CT molecular complexity index is 855. The summed E-state index contributed by atoms with van der Waals surface area (Å²) in [4.78, 5) is 10.7. The first-order chi connectivity index (χ1) is 11.6. The smallest absolute Gasteiger partial charge is 0.128 e. The van der Waals surface area contributed by atoms with E-state index in [0.717, 1.165) is 29.8 Å². The molecule has 0 unspecified atom stereocenters. The van der Waals surface area contributed by atoms with Gasteiger partial charge in [-0.2, -0.15) is 0 Å². The number of aromatic nitrogens is 1. The summed E-state index contributed by atoms with van der Waals surface area (Å²) in [6, 6.07) is 11.2. The first-order valence-corrected chi connectivity index (χ1v) is 8.24. The third kappa shape index (κ3) is 2.61. The molecule has 5 nitrogen and oxygen atoms in total. The van der Waals surface area contributed by atoms with Gasteiger partial charge in [0.1, 0.15) is 11.7 Å². The third-order valence-electron chi connectivity index (χ3n) is 4.22. The van der Waals surface area contributed by atoms with Gasteiger partial charge in [-0.25, -0.2) is 0 Å². The standard InChI is InChI=1S/C18H16ClN5/c19-12-6-7-15-13(9-12)17(14-3-1-2-8-22-14)23-10-16(20)24(15)18(21)11-4-5-11/h1-3,6-9,11,20-21H,4-5,10H2. The van der Waals surface area contributed by atoms with E-state index < -0.39 is 0 Å². The molecule has 0 bridgehead atoms. The van der Waals surface area contributed by atoms with Crippen LogP contribution in [0, 0.1) is 16.7 Å². The van der Waals surface area contributed by atoms with Crippen LogP contribution in [0.3, 0.4) is 0 Å². The highest BCUT2D eigenvalue weighted by Crippen LogP contribution is 2.36. The molecule has 24 heavy (non-hydrogen) atoms. The number of benzodiazepines with no additional fused rings is 1. The molecule has 0 saturated heterocycles. The number of benzene rings is 1. The lowest BCUT2D eigenvalue weighted by Crippen LogP contribution is -2.38. The predicted molar refractivity (Wildman–Crippen MR) is 96.9 cm³/mol. The first-order valence-electron chi connectivity index (χ1n) is 7.87. The molecule has 6 heteroatoms. The normalized spacial score (nSPS) is 17.1. The fourth-order valence-corrected chi connectivity index (χ4v) is 3.06. The Morgan fingerprint density at radius 1 is 1.21 bits per heavy atom. The highest BCUT2D eigenvalue weighted by molar-refractivity contribution is 6.32. The zero-order chi connectivity index (χ0) is 16.7. The Balaban J connectivity index is 1.89. The highest BCUT2D eigenvalue weighted by Gasteiger charge is 2.35. The summed E-state index contributed by atoms with van der Waals surface area (Å²) in [6.07, 6.45) is 3.75. The number of fused-ring (bicyclic) bond motifs is 1. The summed E-state index contributed by atoms with van der Waals surface area (Å²) in [7, 11) is 0. The second-order valence-electron chi connectivity index (χ2n) is 5.98. The maximum atomic E-state index is 8.47. The van der Waals surface area contributed by atoms with Crippen molar-refractivity contribution in [3.05, 3.63) is 58.9 Å². The Hall–Kier alpha value is -2.53. The number of aliphatic imine (C=N–C) groups is 1. The van der Waals surface area contributed by atoms with E-state index in [9.17, 15) is 0 Å². The highest BCUT2D eigenvalue weighted by atomic mass is 35.5. The second kappa shape index (κ2) is 5.83. The van der Waals surface area contributed by atoms with Crippen molar-refractivity contribution in [2.75, 3.05) is 11.4 Å². The fraction of sp³-hybridized carbons (Fsp3) is 0.222. The minimum Gasteiger partial charge on any atom is -0.288 e. The molecule has 120 valence electrons. The number of hydrogen-bond donors (Lipinski definition) is 2. The van der Waals surface area contributed by atoms with Gasteiger partial charge < -0.3 is 0 Å². The minimum atomic E-state index is 0.216. The van der Waals surface area contributed by atoms with Crippen molar-refractivity contribution in [3.8, 4) is 0 Å². The zero-order valence-electron chi connectivity index (χ0n) is 13.0. The lowest BCUT2D eigenvalue weighted by Gasteiger charge is -2.25. The summed E-state index contributed by atoms with van der Waals surface area (Å²) in [6.45, 7) is 0.216. The van der Waals surface area contributed by atoms with Crippen LogP contribution >= 0.6 is 11.6 Å². The lowest BCUT2D eigenvalue weighted by atomic mass is 10.0. The Labute approximate surface area is 145 Å². The number of nitrogens with one attached hydrogen (secondary N) is 2. The van der Waals surface area contributed by atoms with E-state index in [2.05, 4.69) is 9.98 Å². The van der Waals surface area contributed by atoms with Gasteiger partial charge in [-0.3, -0.25) is 25.7 Å². The van der Waals surface area contributed by atoms with Gasteiger partial charge in [0, 0.05) is 22.7 Å². The van der Waals surface area contributed by atoms with Crippen LogP contribution in [0.15, 0.2) is 47.6 Å². The molecule has 2 heterocycles. The maximum Gasteiger partial charge on any atom is 0.128 e. The first kappa shape index (κ1) is 15.0. The minimum absolute atomic E-state index is 0.216. The molecule has 1 aliphatic carbocycles. The van der Waals surface area contributed by atoms with E-state index in [-0.39, 0.29) is 12.5 Å². The molecule has 0 spiro atoms. The van der Waals surface area contributed by atoms with E-state index in [1.807, 2.05) is 30.3 Å². The number of nitrogens with zero attached hydrogens (tertiary/aromatic N) is 3. The summed E-state index contributed by atoms with van der Waals surface area (Å²) >= 11 is 6.22. The van der Waals surface area contributed by atoms with Crippen LogP contribution in [0.4, 0.5) is 5.69 Å². The van der Waals surface area contributed by atoms with Gasteiger partial charge in [-0.05, 0) is 43.2 Å². The zero-order valence-corrected chi connectivity index (χ0v) is 13.7. The summed E-state index contributed by atoms with van der Waals surface area (Å²) in [5.41, 5.74) is 3.05. The lowest BCUT2D eigenvalue weighted by molar-refractivity contribution is 1.09. The monoisotopic (exact) mass is 337 g/mol. The molecule has 1 aromatic carbocycles. The van der Waals surface area contributed by atoms with Crippen molar-refractivity contribution in [3.63, 3.8) is 0 Å². The van der Waals surface area contributed by atoms with Crippen molar-refractivity contribution >= 4 is 34.7 Å². The molecular weight excluding hydrogens is 322 g/mol. The summed E-state index contributed by atoms with van der Waals surface area (Å²) in [5.74, 6) is 1.02. The molecular formula is C18H16ClN5. The second-order valence-corrected chi connectivity index (χ2v) is 6.42. The fourth-order valence-electron chi connectivity index (χ4n) is 2.88. The van der Waals surface area contributed by atoms with Crippen molar-refractivity contribution in [1.29, 1.82) is 10.8 Å². The average Bonchev–Trinajstić information content (AvgIpc) is 3.43. The quantitative estimate of drug-likeness (QED) is 0.646. The van der Waals surface area contributed by atoms with Crippen LogP contribution in [0.1, 0.15) is 24.1 Å². The molecule has 2 aliphatic rings. The molecule has 2 aromatic rings. The van der Waals surface area contributed by atoms with E-state index in [1.165, 1.54) is 0 Å². The maximum absolute atomic E-state index is 8.47. The average molecular weight is 338 g/mol. The number of rotatable bonds is 2. The molecule has 0 radical (unpaired) electrons.